The fraction of sp³-hybridized carbons (Fsp3) is 0.273. The average Bonchev–Trinajstić information content (AvgIpc) is 2.17. The van der Waals surface area contributed by atoms with E-state index in [0.29, 0.717) is 5.92 Å². The van der Waals surface area contributed by atoms with Crippen molar-refractivity contribution in [1.82, 2.24) is 9.97 Å². The number of nitrogens with zero attached hydrogens (tertiary/aromatic N) is 2. The third-order valence-electron chi connectivity index (χ3n) is 1.95. The van der Waals surface area contributed by atoms with Crippen LogP contribution in [0.3, 0.4) is 0 Å². The minimum absolute atomic E-state index is 0. The van der Waals surface area contributed by atoms with E-state index in [1.54, 1.807) is 0 Å². The average molecular weight is 907 g/mol. The Morgan fingerprint density at radius 3 is 2.18 bits per heavy atom. The minimum Gasteiger partial charge on any atom is -0.338 e. The molecule has 0 saturated heterocycles. The van der Waals surface area contributed by atoms with E-state index in [1.165, 1.54) is 0 Å². The van der Waals surface area contributed by atoms with E-state index in [2.05, 4.69) is 30.0 Å². The van der Waals surface area contributed by atoms with Crippen LogP contribution in [0.1, 0.15) is 25.6 Å². The molecule has 0 radical (unpaired) electrons. The summed E-state index contributed by atoms with van der Waals surface area (Å²) in [4.78, 5) is 8.60. The van der Waals surface area contributed by atoms with E-state index in [4.69, 9.17) is 0 Å². The van der Waals surface area contributed by atoms with Crippen molar-refractivity contribution in [3.63, 3.8) is 0 Å². The molecule has 0 fully saturated rings. The largest absolute Gasteiger partial charge is 0.338 e. The van der Waals surface area contributed by atoms with Gasteiger partial charge in [-0.25, -0.2) is 0 Å². The van der Waals surface area contributed by atoms with Crippen molar-refractivity contribution in [2.75, 3.05) is 0 Å². The molecule has 0 spiro atoms. The van der Waals surface area contributed by atoms with Gasteiger partial charge in [-0.1, -0.05) is 26.0 Å². The van der Waals surface area contributed by atoms with Crippen molar-refractivity contribution in [1.29, 1.82) is 0 Å². The minimum atomic E-state index is 0. The molecule has 6 heteroatoms. The van der Waals surface area contributed by atoms with Gasteiger partial charge in [-0.3, -0.25) is 0 Å². The number of benzene rings is 1. The fourth-order valence-corrected chi connectivity index (χ4v) is 1.19. The van der Waals surface area contributed by atoms with E-state index in [0.717, 1.165) is 16.7 Å². The summed E-state index contributed by atoms with van der Waals surface area (Å²) in [6.45, 7) is 4.16. The van der Waals surface area contributed by atoms with Gasteiger partial charge in [-0.15, -0.1) is 17.5 Å². The van der Waals surface area contributed by atoms with E-state index in [1.807, 2.05) is 24.3 Å². The molecular weight excluding hydrogens is 895 g/mol. The van der Waals surface area contributed by atoms with Gasteiger partial charge >= 0.3 is 0 Å². The van der Waals surface area contributed by atoms with Crippen LogP contribution in [0.4, 0.5) is 0 Å². The van der Waals surface area contributed by atoms with Crippen LogP contribution >= 0.6 is 0 Å². The molecule has 0 aliphatic carbocycles. The van der Waals surface area contributed by atoms with E-state index >= 15 is 0 Å². The van der Waals surface area contributed by atoms with Gasteiger partial charge in [0.15, 0.2) is 0 Å². The first-order chi connectivity index (χ1) is 6.27. The standard InChI is InChI=1S/C11H11N2.4W/c1-8(2)11-12-7-9-5-3-4-6-10(9)13-11;;;;/h3-6,8H,1-2H3;;;;/q-1;;;;. The predicted molar refractivity (Wildman–Crippen MR) is 52.5 cm³/mol. The third kappa shape index (κ3) is 6.34. The van der Waals surface area contributed by atoms with Crippen LogP contribution in [0.5, 0.6) is 0 Å². The SMILES string of the molecule is CC(C)c1n[c-]c2ccccc2n1.[W].[W].[W].[W]. The number of para-hydroxylation sites is 1. The summed E-state index contributed by atoms with van der Waals surface area (Å²) >= 11 is 0. The van der Waals surface area contributed by atoms with Gasteiger partial charge in [0.1, 0.15) is 0 Å². The Hall–Kier alpha value is 1.31. The molecule has 90 valence electrons. The molecule has 0 aliphatic heterocycles. The molecule has 0 atom stereocenters. The third-order valence-corrected chi connectivity index (χ3v) is 1.95. The van der Waals surface area contributed by atoms with Gasteiger partial charge in [-0.2, -0.15) is 0 Å². The Balaban J connectivity index is -0.000000490. The zero-order valence-corrected chi connectivity index (χ0v) is 21.1. The van der Waals surface area contributed by atoms with Gasteiger partial charge in [0.2, 0.25) is 0 Å². The Morgan fingerprint density at radius 2 is 1.59 bits per heavy atom. The summed E-state index contributed by atoms with van der Waals surface area (Å²) in [7, 11) is 0. The first-order valence-corrected chi connectivity index (χ1v) is 4.42. The zero-order chi connectivity index (χ0) is 9.26. The van der Waals surface area contributed by atoms with E-state index in [9.17, 15) is 0 Å². The van der Waals surface area contributed by atoms with Crippen molar-refractivity contribution < 1.29 is 84.3 Å². The Kier molecular flexibility index (Phi) is 15.4. The summed E-state index contributed by atoms with van der Waals surface area (Å²) in [5.41, 5.74) is 0.973. The Bertz CT molecular complexity index is 434. The van der Waals surface area contributed by atoms with Gasteiger partial charge in [0.05, 0.1) is 0 Å². The molecule has 1 aromatic carbocycles. The maximum absolute atomic E-state index is 4.43. The predicted octanol–water partition coefficient (Wildman–Crippen LogP) is 2.54. The van der Waals surface area contributed by atoms with Gasteiger partial charge < -0.3 is 9.97 Å². The van der Waals surface area contributed by atoms with Crippen molar-refractivity contribution in [3.8, 4) is 0 Å². The fourth-order valence-electron chi connectivity index (χ4n) is 1.19. The molecule has 17 heavy (non-hydrogen) atoms. The molecule has 0 amide bonds. The van der Waals surface area contributed by atoms with Crippen molar-refractivity contribution in [2.45, 2.75) is 19.8 Å². The number of rotatable bonds is 1. The van der Waals surface area contributed by atoms with Crippen LogP contribution in [0.2, 0.25) is 0 Å². The second-order valence-corrected chi connectivity index (χ2v) is 3.37. The maximum Gasteiger partial charge on any atom is 0.0461 e. The van der Waals surface area contributed by atoms with Crippen LogP contribution in [-0.2, 0) is 84.3 Å². The van der Waals surface area contributed by atoms with Crippen LogP contribution in [-0.4, -0.2) is 9.97 Å². The quantitative estimate of drug-likeness (QED) is 0.412. The van der Waals surface area contributed by atoms with Crippen LogP contribution in [0.15, 0.2) is 24.3 Å². The summed E-state index contributed by atoms with van der Waals surface area (Å²) in [5.74, 6) is 1.22. The first kappa shape index (κ1) is 23.4. The molecule has 1 heterocycles. The molecule has 2 rings (SSSR count). The Morgan fingerprint density at radius 1 is 1.00 bits per heavy atom. The normalized spacial score (nSPS) is 8.41. The summed E-state index contributed by atoms with van der Waals surface area (Å²) < 4.78 is 0. The van der Waals surface area contributed by atoms with E-state index < -0.39 is 0 Å². The van der Waals surface area contributed by atoms with Gasteiger partial charge in [0.25, 0.3) is 0 Å². The Labute approximate surface area is 159 Å². The molecule has 2 aromatic rings. The molecular formula is C11H11N2W4-. The molecule has 1 aromatic heterocycles. The van der Waals surface area contributed by atoms with Gasteiger partial charge in [0, 0.05) is 90.1 Å². The monoisotopic (exact) mass is 907 g/mol. The van der Waals surface area contributed by atoms with E-state index in [-0.39, 0.29) is 84.3 Å². The second-order valence-electron chi connectivity index (χ2n) is 3.37. The maximum atomic E-state index is 4.43. The number of aromatic nitrogens is 2. The summed E-state index contributed by atoms with van der Waals surface area (Å²) in [5, 5.41) is 0.979. The van der Waals surface area contributed by atoms with Crippen LogP contribution < -0.4 is 0 Å². The van der Waals surface area contributed by atoms with Crippen LogP contribution in [0, 0.1) is 6.20 Å². The number of fused-ring (bicyclic) bond motifs is 1. The number of hydrogen-bond acceptors (Lipinski definition) is 2. The second kappa shape index (κ2) is 11.2. The molecule has 0 N–H and O–H groups in total. The van der Waals surface area contributed by atoms with Crippen LogP contribution in [0.25, 0.3) is 10.9 Å². The van der Waals surface area contributed by atoms with Crippen molar-refractivity contribution >= 4 is 10.9 Å². The number of hydrogen-bond donors (Lipinski definition) is 0. The smallest absolute Gasteiger partial charge is 0.0461 e. The molecule has 0 saturated carbocycles. The molecule has 2 nitrogen and oxygen atoms in total. The molecule has 0 unspecified atom stereocenters. The summed E-state index contributed by atoms with van der Waals surface area (Å²) in [6.07, 6.45) is 2.99. The van der Waals surface area contributed by atoms with Gasteiger partial charge in [-0.05, 0) is 17.6 Å². The molecule has 0 aliphatic rings. The zero-order valence-electron chi connectivity index (χ0n) is 9.41. The summed E-state index contributed by atoms with van der Waals surface area (Å²) in [6, 6.07) is 7.91. The molecule has 0 bridgehead atoms. The van der Waals surface area contributed by atoms with Crippen molar-refractivity contribution in [3.05, 3.63) is 36.3 Å². The topological polar surface area (TPSA) is 25.8 Å². The first-order valence-electron chi connectivity index (χ1n) is 4.42. The van der Waals surface area contributed by atoms with Crippen molar-refractivity contribution in [2.24, 2.45) is 0 Å².